The van der Waals surface area contributed by atoms with Gasteiger partial charge >= 0.3 is 0 Å². The van der Waals surface area contributed by atoms with Crippen molar-refractivity contribution in [3.63, 3.8) is 0 Å². The van der Waals surface area contributed by atoms with Crippen molar-refractivity contribution in [2.45, 2.75) is 18.6 Å². The first kappa shape index (κ1) is 9.14. The van der Waals surface area contributed by atoms with Gasteiger partial charge in [-0.25, -0.2) is 9.07 Å². The number of hydrogen-bond donors (Lipinski definition) is 1. The lowest BCUT2D eigenvalue weighted by Crippen LogP contribution is -1.97. The number of aromatic nitrogens is 2. The molecule has 1 rings (SSSR count). The van der Waals surface area contributed by atoms with Gasteiger partial charge in [-0.1, -0.05) is 0 Å². The Balaban J connectivity index is 3.27. The highest BCUT2D eigenvalue weighted by atomic mass is 32.2. The molecule has 1 N–H and O–H groups in total. The average Bonchev–Trinajstić information content (AvgIpc) is 2.29. The number of rotatable bonds is 2. The van der Waals surface area contributed by atoms with Crippen LogP contribution in [0.1, 0.15) is 5.69 Å². The first-order chi connectivity index (χ1) is 5.45. The molecule has 0 aliphatic heterocycles. The molecule has 0 spiro atoms. The van der Waals surface area contributed by atoms with Gasteiger partial charge in [0.2, 0.25) is 0 Å². The smallest absolute Gasteiger partial charge is 0.282 e. The lowest BCUT2D eigenvalue weighted by atomic mass is 10.5. The molecule has 0 aromatic carbocycles. The molecule has 0 aliphatic rings. The Labute approximate surface area is 68.6 Å². The molecule has 0 amide bonds. The summed E-state index contributed by atoms with van der Waals surface area (Å²) in [5.74, 6) is 0. The zero-order valence-electron chi connectivity index (χ0n) is 6.23. The highest BCUT2D eigenvalue weighted by Gasteiger charge is 2.16. The Hall–Kier alpha value is -0.950. The summed E-state index contributed by atoms with van der Waals surface area (Å²) < 4.78 is 42.4. The molecule has 68 valence electrons. The predicted molar refractivity (Wildman–Crippen MR) is 37.9 cm³/mol. The van der Waals surface area contributed by atoms with E-state index in [0.29, 0.717) is 0 Å². The molecule has 0 radical (unpaired) electrons. The Morgan fingerprint density at radius 1 is 1.75 bits per heavy atom. The number of hydrogen-bond acceptors (Lipinski definition) is 3. The van der Waals surface area contributed by atoms with Crippen molar-refractivity contribution in [2.24, 2.45) is 0 Å². The summed E-state index contributed by atoms with van der Waals surface area (Å²) in [6, 6.07) is 0. The van der Waals surface area contributed by atoms with Gasteiger partial charge in [-0.2, -0.15) is 13.5 Å². The normalized spacial score (nSPS) is 11.9. The molecule has 0 atom stereocenters. The summed E-state index contributed by atoms with van der Waals surface area (Å²) in [6.07, 6.45) is 0.935. The fourth-order valence-electron chi connectivity index (χ4n) is 0.814. The highest BCUT2D eigenvalue weighted by molar-refractivity contribution is 7.85. The van der Waals surface area contributed by atoms with Crippen LogP contribution in [0.25, 0.3) is 0 Å². The minimum atomic E-state index is -4.27. The van der Waals surface area contributed by atoms with Gasteiger partial charge in [-0.15, -0.1) is 0 Å². The number of alkyl halides is 1. The van der Waals surface area contributed by atoms with Crippen LogP contribution in [-0.2, 0) is 16.9 Å². The minimum Gasteiger partial charge on any atom is -0.282 e. The van der Waals surface area contributed by atoms with Gasteiger partial charge in [0.25, 0.3) is 10.1 Å². The van der Waals surface area contributed by atoms with Crippen molar-refractivity contribution >= 4 is 10.1 Å². The van der Waals surface area contributed by atoms with Crippen molar-refractivity contribution in [2.75, 3.05) is 0 Å². The van der Waals surface area contributed by atoms with E-state index in [2.05, 4.69) is 5.10 Å². The van der Waals surface area contributed by atoms with Gasteiger partial charge in [0.1, 0.15) is 4.90 Å². The molecular formula is C5H7FN2O3S. The average molecular weight is 194 g/mol. The van der Waals surface area contributed by atoms with Crippen molar-refractivity contribution in [1.82, 2.24) is 9.78 Å². The number of nitrogens with zero attached hydrogens (tertiary/aromatic N) is 2. The van der Waals surface area contributed by atoms with E-state index in [1.165, 1.54) is 6.92 Å². The second kappa shape index (κ2) is 2.83. The summed E-state index contributed by atoms with van der Waals surface area (Å²) in [7, 11) is -4.27. The minimum absolute atomic E-state index is 0.0788. The van der Waals surface area contributed by atoms with Gasteiger partial charge in [-0.3, -0.25) is 4.55 Å². The maximum atomic E-state index is 11.9. The molecule has 0 saturated carbocycles. The van der Waals surface area contributed by atoms with Crippen LogP contribution in [0.4, 0.5) is 4.39 Å². The zero-order valence-corrected chi connectivity index (χ0v) is 7.05. The van der Waals surface area contributed by atoms with E-state index in [1.54, 1.807) is 0 Å². The monoisotopic (exact) mass is 194 g/mol. The van der Waals surface area contributed by atoms with E-state index in [0.717, 1.165) is 10.9 Å². The summed E-state index contributed by atoms with van der Waals surface area (Å²) in [4.78, 5) is -0.361. The third-order valence-corrected chi connectivity index (χ3v) is 2.26. The third kappa shape index (κ3) is 1.62. The molecule has 1 aromatic heterocycles. The lowest BCUT2D eigenvalue weighted by molar-refractivity contribution is 0.348. The summed E-state index contributed by atoms with van der Waals surface area (Å²) in [5, 5.41) is 3.50. The van der Waals surface area contributed by atoms with Crippen molar-refractivity contribution in [1.29, 1.82) is 0 Å². The Kier molecular flexibility index (Phi) is 2.16. The Bertz CT molecular complexity index is 383. The van der Waals surface area contributed by atoms with E-state index in [-0.39, 0.29) is 10.6 Å². The van der Waals surface area contributed by atoms with E-state index in [4.69, 9.17) is 4.55 Å². The SMILES string of the molecule is Cc1nn(CF)cc1S(=O)(=O)O. The predicted octanol–water partition coefficient (Wildman–Crippen LogP) is 0.365. The molecule has 0 aliphatic carbocycles. The number of halogens is 1. The fourth-order valence-corrected chi connectivity index (χ4v) is 1.48. The molecule has 1 aromatic rings. The lowest BCUT2D eigenvalue weighted by Gasteiger charge is -1.89. The van der Waals surface area contributed by atoms with Crippen molar-refractivity contribution < 1.29 is 17.4 Å². The zero-order chi connectivity index (χ0) is 9.35. The van der Waals surface area contributed by atoms with E-state index in [1.807, 2.05) is 0 Å². The van der Waals surface area contributed by atoms with Crippen molar-refractivity contribution in [3.05, 3.63) is 11.9 Å². The van der Waals surface area contributed by atoms with Crippen LogP contribution in [0.15, 0.2) is 11.1 Å². The van der Waals surface area contributed by atoms with E-state index in [9.17, 15) is 12.8 Å². The van der Waals surface area contributed by atoms with Gasteiger partial charge in [0, 0.05) is 6.20 Å². The van der Waals surface area contributed by atoms with Crippen LogP contribution >= 0.6 is 0 Å². The van der Waals surface area contributed by atoms with Crippen LogP contribution < -0.4 is 0 Å². The molecule has 1 heterocycles. The van der Waals surface area contributed by atoms with Crippen LogP contribution in [-0.4, -0.2) is 22.8 Å². The molecule has 0 fully saturated rings. The highest BCUT2D eigenvalue weighted by Crippen LogP contribution is 2.12. The quantitative estimate of drug-likeness (QED) is 0.690. The molecule has 5 nitrogen and oxygen atoms in total. The molecule has 0 bridgehead atoms. The fraction of sp³-hybridized carbons (Fsp3) is 0.400. The van der Waals surface area contributed by atoms with Crippen LogP contribution in [0.3, 0.4) is 0 Å². The molecule has 12 heavy (non-hydrogen) atoms. The second-order valence-electron chi connectivity index (χ2n) is 2.21. The second-order valence-corrected chi connectivity index (χ2v) is 3.60. The Morgan fingerprint density at radius 3 is 2.58 bits per heavy atom. The molecular weight excluding hydrogens is 187 g/mol. The number of aryl methyl sites for hydroxylation is 1. The van der Waals surface area contributed by atoms with Crippen molar-refractivity contribution in [3.8, 4) is 0 Å². The largest absolute Gasteiger partial charge is 0.297 e. The molecule has 7 heteroatoms. The summed E-state index contributed by atoms with van der Waals surface area (Å²) in [6.45, 7) is 0.450. The Morgan fingerprint density at radius 2 is 2.33 bits per heavy atom. The van der Waals surface area contributed by atoms with E-state index >= 15 is 0 Å². The third-order valence-electron chi connectivity index (χ3n) is 1.30. The van der Waals surface area contributed by atoms with Crippen LogP contribution in [0, 0.1) is 6.92 Å². The standard InChI is InChI=1S/C5H7FN2O3S/c1-4-5(12(9,10)11)2-8(3-6)7-4/h2H,3H2,1H3,(H,9,10,11). The van der Waals surface area contributed by atoms with Gasteiger partial charge < -0.3 is 0 Å². The maximum absolute atomic E-state index is 11.9. The van der Waals surface area contributed by atoms with Gasteiger partial charge in [-0.05, 0) is 6.92 Å². The first-order valence-corrected chi connectivity index (χ1v) is 4.46. The summed E-state index contributed by atoms with van der Waals surface area (Å²) in [5.41, 5.74) is 0.0788. The van der Waals surface area contributed by atoms with Gasteiger partial charge in [0.05, 0.1) is 5.69 Å². The van der Waals surface area contributed by atoms with Gasteiger partial charge in [0.15, 0.2) is 6.80 Å². The molecule has 0 unspecified atom stereocenters. The van der Waals surface area contributed by atoms with Crippen LogP contribution in [0.2, 0.25) is 0 Å². The first-order valence-electron chi connectivity index (χ1n) is 3.02. The molecule has 0 saturated heterocycles. The van der Waals surface area contributed by atoms with Crippen LogP contribution in [0.5, 0.6) is 0 Å². The maximum Gasteiger partial charge on any atom is 0.297 e. The van der Waals surface area contributed by atoms with E-state index < -0.39 is 16.9 Å². The topological polar surface area (TPSA) is 72.2 Å². The summed E-state index contributed by atoms with van der Waals surface area (Å²) >= 11 is 0.